The number of alkyl halides is 3. The molecule has 0 unspecified atom stereocenters. The van der Waals surface area contributed by atoms with Crippen molar-refractivity contribution < 1.29 is 17.9 Å². The number of ether oxygens (including phenoxy) is 1. The minimum atomic E-state index is -4.19. The van der Waals surface area contributed by atoms with E-state index in [1.807, 2.05) is 0 Å². The van der Waals surface area contributed by atoms with Gasteiger partial charge < -0.3 is 10.5 Å². The van der Waals surface area contributed by atoms with Crippen LogP contribution in [0.5, 0.6) is 5.75 Å². The SMILES string of the molecule is NCCc1cc(OCCC(F)(F)F)ccc1Br. The third-order valence-corrected chi connectivity index (χ3v) is 2.86. The van der Waals surface area contributed by atoms with Crippen LogP contribution in [0, 0.1) is 0 Å². The van der Waals surface area contributed by atoms with Crippen molar-refractivity contribution in [2.75, 3.05) is 13.2 Å². The number of halogens is 4. The van der Waals surface area contributed by atoms with Gasteiger partial charge in [0, 0.05) is 4.47 Å². The van der Waals surface area contributed by atoms with Crippen LogP contribution >= 0.6 is 15.9 Å². The minimum absolute atomic E-state index is 0.368. The van der Waals surface area contributed by atoms with Crippen molar-refractivity contribution in [3.63, 3.8) is 0 Å². The monoisotopic (exact) mass is 311 g/mol. The first kappa shape index (κ1) is 14.3. The summed E-state index contributed by atoms with van der Waals surface area (Å²) >= 11 is 3.34. The molecule has 0 heterocycles. The Labute approximate surface area is 106 Å². The molecule has 0 spiro atoms. The molecule has 2 N–H and O–H groups in total. The van der Waals surface area contributed by atoms with Crippen LogP contribution in [0.2, 0.25) is 0 Å². The first-order valence-electron chi connectivity index (χ1n) is 5.10. The van der Waals surface area contributed by atoms with E-state index in [-0.39, 0.29) is 6.61 Å². The van der Waals surface area contributed by atoms with Crippen LogP contribution in [-0.2, 0) is 6.42 Å². The molecule has 0 saturated heterocycles. The van der Waals surface area contributed by atoms with E-state index < -0.39 is 12.6 Å². The van der Waals surface area contributed by atoms with E-state index in [0.29, 0.717) is 18.7 Å². The summed E-state index contributed by atoms with van der Waals surface area (Å²) in [6, 6.07) is 5.07. The van der Waals surface area contributed by atoms with Gasteiger partial charge in [-0.3, -0.25) is 0 Å². The second kappa shape index (κ2) is 6.26. The summed E-state index contributed by atoms with van der Waals surface area (Å²) in [6.45, 7) is 0.109. The molecule has 1 aromatic rings. The standard InChI is InChI=1S/C11H13BrF3NO/c12-10-2-1-9(7-8(10)3-5-16)17-6-4-11(13,14)15/h1-2,7H,3-6,16H2. The van der Waals surface area contributed by atoms with Crippen LogP contribution in [0.3, 0.4) is 0 Å². The number of hydrogen-bond donors (Lipinski definition) is 1. The Bertz CT molecular complexity index is 368. The smallest absolute Gasteiger partial charge is 0.392 e. The molecule has 0 aromatic heterocycles. The topological polar surface area (TPSA) is 35.2 Å². The van der Waals surface area contributed by atoms with Gasteiger partial charge in [0.25, 0.3) is 0 Å². The number of nitrogens with two attached hydrogens (primary N) is 1. The van der Waals surface area contributed by atoms with Crippen LogP contribution in [0.1, 0.15) is 12.0 Å². The molecule has 2 nitrogen and oxygen atoms in total. The minimum Gasteiger partial charge on any atom is -0.493 e. The molecule has 1 rings (SSSR count). The summed E-state index contributed by atoms with van der Waals surface area (Å²) in [5.74, 6) is 0.431. The van der Waals surface area contributed by atoms with Crippen molar-refractivity contribution >= 4 is 15.9 Å². The highest BCUT2D eigenvalue weighted by atomic mass is 79.9. The molecule has 96 valence electrons. The lowest BCUT2D eigenvalue weighted by Gasteiger charge is -2.10. The van der Waals surface area contributed by atoms with E-state index in [9.17, 15) is 13.2 Å². The zero-order valence-electron chi connectivity index (χ0n) is 9.06. The van der Waals surface area contributed by atoms with Crippen molar-refractivity contribution in [1.29, 1.82) is 0 Å². The maximum absolute atomic E-state index is 11.9. The van der Waals surface area contributed by atoms with Crippen LogP contribution in [0.15, 0.2) is 22.7 Å². The van der Waals surface area contributed by atoms with Crippen molar-refractivity contribution in [3.8, 4) is 5.75 Å². The molecule has 1 aromatic carbocycles. The fourth-order valence-corrected chi connectivity index (χ4v) is 1.72. The largest absolute Gasteiger partial charge is 0.493 e. The van der Waals surface area contributed by atoms with Crippen molar-refractivity contribution in [2.24, 2.45) is 5.73 Å². The molecule has 0 aliphatic carbocycles. The Morgan fingerprint density at radius 1 is 1.29 bits per heavy atom. The fourth-order valence-electron chi connectivity index (χ4n) is 1.27. The van der Waals surface area contributed by atoms with Gasteiger partial charge in [-0.05, 0) is 36.7 Å². The average molecular weight is 312 g/mol. The van der Waals surface area contributed by atoms with Gasteiger partial charge in [0.1, 0.15) is 5.75 Å². The lowest BCUT2D eigenvalue weighted by Crippen LogP contribution is -2.13. The summed E-state index contributed by atoms with van der Waals surface area (Å²) < 4.78 is 41.7. The van der Waals surface area contributed by atoms with Crippen LogP contribution < -0.4 is 10.5 Å². The summed E-state index contributed by atoms with van der Waals surface area (Å²) in [5.41, 5.74) is 6.35. The molecule has 0 radical (unpaired) electrons. The molecule has 17 heavy (non-hydrogen) atoms. The van der Waals surface area contributed by atoms with Gasteiger partial charge in [0.15, 0.2) is 0 Å². The summed E-state index contributed by atoms with van der Waals surface area (Å²) in [7, 11) is 0. The van der Waals surface area contributed by atoms with Crippen molar-refractivity contribution in [2.45, 2.75) is 19.0 Å². The van der Waals surface area contributed by atoms with E-state index in [1.165, 1.54) is 0 Å². The van der Waals surface area contributed by atoms with Crippen LogP contribution in [0.4, 0.5) is 13.2 Å². The van der Waals surface area contributed by atoms with Crippen molar-refractivity contribution in [1.82, 2.24) is 0 Å². The number of hydrogen-bond acceptors (Lipinski definition) is 2. The highest BCUT2D eigenvalue weighted by Crippen LogP contribution is 2.24. The van der Waals surface area contributed by atoms with Gasteiger partial charge in [-0.2, -0.15) is 13.2 Å². The number of benzene rings is 1. The van der Waals surface area contributed by atoms with E-state index in [0.717, 1.165) is 10.0 Å². The molecular formula is C11H13BrF3NO. The van der Waals surface area contributed by atoms with Gasteiger partial charge in [0.05, 0.1) is 13.0 Å². The Kier molecular flexibility index (Phi) is 5.27. The lowest BCUT2D eigenvalue weighted by atomic mass is 10.1. The Morgan fingerprint density at radius 3 is 2.59 bits per heavy atom. The predicted molar refractivity (Wildman–Crippen MR) is 63.1 cm³/mol. The second-order valence-corrected chi connectivity index (χ2v) is 4.36. The van der Waals surface area contributed by atoms with E-state index in [2.05, 4.69) is 15.9 Å². The highest BCUT2D eigenvalue weighted by molar-refractivity contribution is 9.10. The van der Waals surface area contributed by atoms with Crippen molar-refractivity contribution in [3.05, 3.63) is 28.2 Å². The van der Waals surface area contributed by atoms with Gasteiger partial charge in [-0.15, -0.1) is 0 Å². The fraction of sp³-hybridized carbons (Fsp3) is 0.455. The zero-order valence-corrected chi connectivity index (χ0v) is 10.6. The Hall–Kier alpha value is -0.750. The first-order chi connectivity index (χ1) is 7.92. The molecule has 0 bridgehead atoms. The van der Waals surface area contributed by atoms with E-state index >= 15 is 0 Å². The third-order valence-electron chi connectivity index (χ3n) is 2.09. The Morgan fingerprint density at radius 2 is 2.00 bits per heavy atom. The Balaban J connectivity index is 2.57. The molecule has 0 atom stereocenters. The summed E-state index contributed by atoms with van der Waals surface area (Å²) in [6.07, 6.45) is -4.48. The maximum Gasteiger partial charge on any atom is 0.392 e. The van der Waals surface area contributed by atoms with Gasteiger partial charge >= 0.3 is 6.18 Å². The first-order valence-corrected chi connectivity index (χ1v) is 5.90. The van der Waals surface area contributed by atoms with Gasteiger partial charge in [-0.1, -0.05) is 15.9 Å². The molecule has 0 fully saturated rings. The van der Waals surface area contributed by atoms with Gasteiger partial charge in [0.2, 0.25) is 0 Å². The molecular weight excluding hydrogens is 299 g/mol. The predicted octanol–water partition coefficient (Wildman–Crippen LogP) is 3.28. The second-order valence-electron chi connectivity index (χ2n) is 3.51. The van der Waals surface area contributed by atoms with Crippen LogP contribution in [0.25, 0.3) is 0 Å². The normalized spacial score (nSPS) is 11.6. The summed E-state index contributed by atoms with van der Waals surface area (Å²) in [5, 5.41) is 0. The molecule has 0 aliphatic rings. The molecule has 0 amide bonds. The molecule has 0 aliphatic heterocycles. The van der Waals surface area contributed by atoms with Crippen LogP contribution in [-0.4, -0.2) is 19.3 Å². The van der Waals surface area contributed by atoms with Gasteiger partial charge in [-0.25, -0.2) is 0 Å². The average Bonchev–Trinajstić information content (AvgIpc) is 2.21. The molecule has 6 heteroatoms. The molecule has 0 saturated carbocycles. The lowest BCUT2D eigenvalue weighted by molar-refractivity contribution is -0.139. The quantitative estimate of drug-likeness (QED) is 0.905. The van der Waals surface area contributed by atoms with E-state index in [4.69, 9.17) is 10.5 Å². The zero-order chi connectivity index (χ0) is 12.9. The van der Waals surface area contributed by atoms with E-state index in [1.54, 1.807) is 18.2 Å². The third kappa shape index (κ3) is 5.41. The highest BCUT2D eigenvalue weighted by Gasteiger charge is 2.26. The summed E-state index contributed by atoms with van der Waals surface area (Å²) in [4.78, 5) is 0. The maximum atomic E-state index is 11.9. The number of rotatable bonds is 5.